The topological polar surface area (TPSA) is 77.2 Å². The largest absolute Gasteiger partial charge is 0.250 e. The zero-order valence-electron chi connectivity index (χ0n) is 7.67. The van der Waals surface area contributed by atoms with Crippen molar-refractivity contribution < 1.29 is 8.42 Å². The summed E-state index contributed by atoms with van der Waals surface area (Å²) < 4.78 is 23.9. The summed E-state index contributed by atoms with van der Waals surface area (Å²) in [5.74, 6) is 0.500. The zero-order valence-corrected chi connectivity index (χ0v) is 8.48. The lowest BCUT2D eigenvalue weighted by Crippen LogP contribution is -2.09. The third-order valence-electron chi connectivity index (χ3n) is 1.73. The third-order valence-corrected chi connectivity index (χ3v) is 2.57. The van der Waals surface area contributed by atoms with Gasteiger partial charge in [-0.05, 0) is 6.92 Å². The predicted molar refractivity (Wildman–Crippen MR) is 48.6 cm³/mol. The number of sulfone groups is 1. The van der Waals surface area contributed by atoms with Crippen LogP contribution in [0.5, 0.6) is 0 Å². The second kappa shape index (κ2) is 2.74. The van der Waals surface area contributed by atoms with E-state index in [0.29, 0.717) is 11.5 Å². The van der Waals surface area contributed by atoms with Gasteiger partial charge < -0.3 is 0 Å². The Bertz CT molecular complexity index is 587. The Labute approximate surface area is 80.5 Å². The summed E-state index contributed by atoms with van der Waals surface area (Å²) in [5.41, 5.74) is 0.484. The molecule has 6 nitrogen and oxygen atoms in total. The van der Waals surface area contributed by atoms with E-state index in [1.165, 1.54) is 4.52 Å². The molecule has 0 saturated heterocycles. The number of fused-ring (bicyclic) bond motifs is 1. The number of aromatic nitrogens is 4. The number of rotatable bonds is 1. The maximum atomic E-state index is 11.2. The van der Waals surface area contributed by atoms with Crippen LogP contribution in [-0.2, 0) is 9.84 Å². The highest BCUT2D eigenvalue weighted by Crippen LogP contribution is 2.06. The van der Waals surface area contributed by atoms with Crippen molar-refractivity contribution in [2.24, 2.45) is 0 Å². The highest BCUT2D eigenvalue weighted by Gasteiger charge is 2.13. The van der Waals surface area contributed by atoms with E-state index in [0.717, 1.165) is 6.26 Å². The van der Waals surface area contributed by atoms with E-state index < -0.39 is 9.84 Å². The van der Waals surface area contributed by atoms with Crippen molar-refractivity contribution in [3.05, 3.63) is 18.1 Å². The Balaban J connectivity index is 2.83. The van der Waals surface area contributed by atoms with Gasteiger partial charge in [0.15, 0.2) is 5.65 Å². The molecule has 2 heterocycles. The fourth-order valence-electron chi connectivity index (χ4n) is 1.10. The van der Waals surface area contributed by atoms with E-state index in [4.69, 9.17) is 0 Å². The minimum atomic E-state index is -3.36. The molecule has 0 amide bonds. The van der Waals surface area contributed by atoms with Gasteiger partial charge in [-0.15, -0.1) is 0 Å². The number of aryl methyl sites for hydroxylation is 1. The van der Waals surface area contributed by atoms with Crippen LogP contribution >= 0.6 is 0 Å². The molecule has 0 atom stereocenters. The van der Waals surface area contributed by atoms with Gasteiger partial charge in [-0.1, -0.05) is 0 Å². The van der Waals surface area contributed by atoms with Gasteiger partial charge in [0, 0.05) is 12.3 Å². The second-order valence-electron chi connectivity index (χ2n) is 2.93. The van der Waals surface area contributed by atoms with Gasteiger partial charge in [-0.3, -0.25) is 0 Å². The molecule has 0 aromatic carbocycles. The Hall–Kier alpha value is -1.50. The molecule has 0 spiro atoms. The van der Waals surface area contributed by atoms with Gasteiger partial charge in [-0.25, -0.2) is 17.9 Å². The fourth-order valence-corrected chi connectivity index (χ4v) is 1.66. The molecule has 0 fully saturated rings. The van der Waals surface area contributed by atoms with E-state index in [2.05, 4.69) is 15.1 Å². The van der Waals surface area contributed by atoms with Crippen molar-refractivity contribution in [1.29, 1.82) is 0 Å². The van der Waals surface area contributed by atoms with E-state index >= 15 is 0 Å². The van der Waals surface area contributed by atoms with Gasteiger partial charge in [-0.2, -0.15) is 10.1 Å². The molecular formula is C7H8N4O2S. The zero-order chi connectivity index (χ0) is 10.3. The van der Waals surface area contributed by atoms with Gasteiger partial charge in [0.05, 0.1) is 6.20 Å². The fraction of sp³-hybridized carbons (Fsp3) is 0.286. The number of nitrogens with zero attached hydrogens (tertiary/aromatic N) is 4. The highest BCUT2D eigenvalue weighted by molar-refractivity contribution is 7.90. The lowest BCUT2D eigenvalue weighted by atomic mass is 10.6. The summed E-state index contributed by atoms with van der Waals surface area (Å²) >= 11 is 0. The molecule has 7 heteroatoms. The van der Waals surface area contributed by atoms with Gasteiger partial charge in [0.25, 0.3) is 5.16 Å². The van der Waals surface area contributed by atoms with Crippen molar-refractivity contribution in [2.45, 2.75) is 12.1 Å². The molecule has 0 unspecified atom stereocenters. The Kier molecular flexibility index (Phi) is 1.78. The lowest BCUT2D eigenvalue weighted by molar-refractivity contribution is 0.590. The summed E-state index contributed by atoms with van der Waals surface area (Å²) in [5, 5.41) is 3.77. The first-order chi connectivity index (χ1) is 6.48. The maximum Gasteiger partial charge on any atom is 0.250 e. The van der Waals surface area contributed by atoms with E-state index in [1.54, 1.807) is 19.2 Å². The Morgan fingerprint density at radius 3 is 2.71 bits per heavy atom. The van der Waals surface area contributed by atoms with Crippen molar-refractivity contribution >= 4 is 15.5 Å². The molecular weight excluding hydrogens is 204 g/mol. The maximum absolute atomic E-state index is 11.2. The summed E-state index contributed by atoms with van der Waals surface area (Å²) in [6.07, 6.45) is 2.62. The highest BCUT2D eigenvalue weighted by atomic mass is 32.2. The summed E-state index contributed by atoms with van der Waals surface area (Å²) in [4.78, 5) is 7.71. The number of hydrogen-bond donors (Lipinski definition) is 0. The summed E-state index contributed by atoms with van der Waals surface area (Å²) in [6.45, 7) is 1.68. The predicted octanol–water partition coefficient (Wildman–Crippen LogP) is -0.164. The summed E-state index contributed by atoms with van der Waals surface area (Å²) in [6, 6.07) is 1.63. The minimum absolute atomic E-state index is 0.164. The molecule has 0 radical (unpaired) electrons. The van der Waals surface area contributed by atoms with Gasteiger partial charge >= 0.3 is 0 Å². The van der Waals surface area contributed by atoms with Crippen LogP contribution in [0.2, 0.25) is 0 Å². The SMILES string of the molecule is Cc1nc(S(C)(=O)=O)nc2ccnn12. The van der Waals surface area contributed by atoms with Crippen LogP contribution in [-0.4, -0.2) is 34.3 Å². The second-order valence-corrected chi connectivity index (χ2v) is 4.84. The van der Waals surface area contributed by atoms with Gasteiger partial charge in [0.2, 0.25) is 9.84 Å². The van der Waals surface area contributed by atoms with Crippen LogP contribution in [0.15, 0.2) is 17.4 Å². The molecule has 0 aliphatic carbocycles. The molecule has 14 heavy (non-hydrogen) atoms. The average molecular weight is 212 g/mol. The van der Waals surface area contributed by atoms with Crippen LogP contribution < -0.4 is 0 Å². The van der Waals surface area contributed by atoms with Crippen molar-refractivity contribution in [3.63, 3.8) is 0 Å². The molecule has 0 saturated carbocycles. The molecule has 0 aliphatic rings. The standard InChI is InChI=1S/C7H8N4O2S/c1-5-9-7(14(2,12)13)10-6-3-4-8-11(5)6/h3-4H,1-2H3. The molecule has 0 aliphatic heterocycles. The smallest absolute Gasteiger partial charge is 0.221 e. The molecule has 2 rings (SSSR count). The van der Waals surface area contributed by atoms with Gasteiger partial charge in [0.1, 0.15) is 5.82 Å². The quantitative estimate of drug-likeness (QED) is 0.656. The Morgan fingerprint density at radius 2 is 2.07 bits per heavy atom. The lowest BCUT2D eigenvalue weighted by Gasteiger charge is -2.00. The van der Waals surface area contributed by atoms with E-state index in [9.17, 15) is 8.42 Å². The number of hydrogen-bond acceptors (Lipinski definition) is 5. The molecule has 0 bridgehead atoms. The third kappa shape index (κ3) is 1.35. The molecule has 2 aromatic rings. The van der Waals surface area contributed by atoms with Crippen LogP contribution in [0.25, 0.3) is 5.65 Å². The Morgan fingerprint density at radius 1 is 1.36 bits per heavy atom. The average Bonchev–Trinajstić information content (AvgIpc) is 2.50. The molecule has 0 N–H and O–H groups in total. The van der Waals surface area contributed by atoms with Crippen LogP contribution in [0.1, 0.15) is 5.82 Å². The minimum Gasteiger partial charge on any atom is -0.221 e. The first-order valence-electron chi connectivity index (χ1n) is 3.87. The molecule has 74 valence electrons. The van der Waals surface area contributed by atoms with Crippen LogP contribution in [0.4, 0.5) is 0 Å². The van der Waals surface area contributed by atoms with E-state index in [-0.39, 0.29) is 5.16 Å². The van der Waals surface area contributed by atoms with Crippen LogP contribution in [0.3, 0.4) is 0 Å². The van der Waals surface area contributed by atoms with Crippen molar-refractivity contribution in [1.82, 2.24) is 19.6 Å². The monoisotopic (exact) mass is 212 g/mol. The van der Waals surface area contributed by atoms with Crippen LogP contribution in [0, 0.1) is 6.92 Å². The first-order valence-corrected chi connectivity index (χ1v) is 5.76. The normalized spacial score (nSPS) is 12.1. The molecule has 2 aromatic heterocycles. The van der Waals surface area contributed by atoms with Crippen molar-refractivity contribution in [3.8, 4) is 0 Å². The summed E-state index contributed by atoms with van der Waals surface area (Å²) in [7, 11) is -3.36. The first kappa shape index (κ1) is 9.07. The van der Waals surface area contributed by atoms with Crippen molar-refractivity contribution in [2.75, 3.05) is 6.26 Å². The van der Waals surface area contributed by atoms with E-state index in [1.807, 2.05) is 0 Å².